The molecule has 0 aromatic heterocycles. The van der Waals surface area contributed by atoms with Gasteiger partial charge < -0.3 is 15.3 Å². The molecule has 0 amide bonds. The minimum absolute atomic E-state index is 0.273. The Kier molecular flexibility index (Phi) is 6.41. The van der Waals surface area contributed by atoms with Crippen LogP contribution < -0.4 is 0 Å². The van der Waals surface area contributed by atoms with Gasteiger partial charge in [0.1, 0.15) is 17.2 Å². The molecular weight excluding hydrogens is 408 g/mol. The van der Waals surface area contributed by atoms with E-state index < -0.39 is 0 Å². The summed E-state index contributed by atoms with van der Waals surface area (Å²) in [7, 11) is 0. The Hall–Kier alpha value is -3.72. The summed E-state index contributed by atoms with van der Waals surface area (Å²) in [5.41, 5.74) is 10.7. The Morgan fingerprint density at radius 1 is 0.455 bits per heavy atom. The SMILES string of the molecule is Cc1c(Cc2cccc(O)c2)c(C)c(Cc2cccc(O)c2)c(C)c1Cc1cccc(O)c1. The normalized spacial score (nSPS) is 11.0. The molecule has 3 nitrogen and oxygen atoms in total. The molecule has 0 aliphatic heterocycles. The summed E-state index contributed by atoms with van der Waals surface area (Å²) >= 11 is 0. The van der Waals surface area contributed by atoms with Crippen molar-refractivity contribution in [2.24, 2.45) is 0 Å². The molecule has 0 fully saturated rings. The lowest BCUT2D eigenvalue weighted by Crippen LogP contribution is -2.09. The van der Waals surface area contributed by atoms with Gasteiger partial charge in [0.05, 0.1) is 0 Å². The van der Waals surface area contributed by atoms with E-state index in [0.717, 1.165) is 36.0 Å². The standard InChI is InChI=1S/C30H30O3/c1-19-28(16-22-7-4-10-25(31)13-22)20(2)30(18-24-9-6-12-27(33)15-24)21(3)29(19)17-23-8-5-11-26(32)14-23/h4-15,31-33H,16-18H2,1-3H3. The zero-order chi connectivity index (χ0) is 23.5. The van der Waals surface area contributed by atoms with Gasteiger partial charge in [-0.1, -0.05) is 36.4 Å². The molecule has 4 aromatic carbocycles. The van der Waals surface area contributed by atoms with Gasteiger partial charge in [0.25, 0.3) is 0 Å². The maximum Gasteiger partial charge on any atom is 0.115 e. The Bertz CT molecular complexity index is 1120. The van der Waals surface area contributed by atoms with E-state index >= 15 is 0 Å². The molecule has 0 aliphatic rings. The molecule has 0 saturated carbocycles. The molecule has 33 heavy (non-hydrogen) atoms. The number of hydrogen-bond acceptors (Lipinski definition) is 3. The molecule has 4 rings (SSSR count). The average Bonchev–Trinajstić information content (AvgIpc) is 2.77. The van der Waals surface area contributed by atoms with Crippen LogP contribution >= 0.6 is 0 Å². The van der Waals surface area contributed by atoms with E-state index in [-0.39, 0.29) is 17.2 Å². The van der Waals surface area contributed by atoms with Gasteiger partial charge in [-0.3, -0.25) is 0 Å². The first-order valence-electron chi connectivity index (χ1n) is 11.3. The van der Waals surface area contributed by atoms with Gasteiger partial charge in [-0.2, -0.15) is 0 Å². The van der Waals surface area contributed by atoms with E-state index in [1.807, 2.05) is 54.6 Å². The van der Waals surface area contributed by atoms with Crippen molar-refractivity contribution in [3.8, 4) is 17.2 Å². The Morgan fingerprint density at radius 3 is 0.970 bits per heavy atom. The van der Waals surface area contributed by atoms with E-state index in [9.17, 15) is 15.3 Å². The number of benzene rings is 4. The van der Waals surface area contributed by atoms with Crippen LogP contribution in [0.4, 0.5) is 0 Å². The van der Waals surface area contributed by atoms with Crippen LogP contribution in [-0.4, -0.2) is 15.3 Å². The van der Waals surface area contributed by atoms with Crippen LogP contribution in [0.25, 0.3) is 0 Å². The fourth-order valence-corrected chi connectivity index (χ4v) is 4.80. The predicted molar refractivity (Wildman–Crippen MR) is 133 cm³/mol. The third kappa shape index (κ3) is 5.04. The van der Waals surface area contributed by atoms with Crippen molar-refractivity contribution in [2.45, 2.75) is 40.0 Å². The van der Waals surface area contributed by atoms with Gasteiger partial charge in [0, 0.05) is 0 Å². The third-order valence-electron chi connectivity index (χ3n) is 6.59. The first-order valence-corrected chi connectivity index (χ1v) is 11.3. The summed E-state index contributed by atoms with van der Waals surface area (Å²) in [4.78, 5) is 0. The number of phenolic OH excluding ortho intramolecular Hbond substituents is 3. The molecule has 168 valence electrons. The predicted octanol–water partition coefficient (Wildman–Crippen LogP) is 6.50. The second-order valence-electron chi connectivity index (χ2n) is 8.85. The highest BCUT2D eigenvalue weighted by Gasteiger charge is 2.18. The van der Waals surface area contributed by atoms with E-state index in [2.05, 4.69) is 20.8 Å². The van der Waals surface area contributed by atoms with Crippen molar-refractivity contribution < 1.29 is 15.3 Å². The Labute approximate surface area is 195 Å². The largest absolute Gasteiger partial charge is 0.508 e. The zero-order valence-corrected chi connectivity index (χ0v) is 19.4. The van der Waals surface area contributed by atoms with E-state index in [1.54, 1.807) is 18.2 Å². The Balaban J connectivity index is 1.85. The topological polar surface area (TPSA) is 60.7 Å². The van der Waals surface area contributed by atoms with Gasteiger partial charge in [-0.05, 0) is 127 Å². The summed E-state index contributed by atoms with van der Waals surface area (Å²) in [5, 5.41) is 29.9. The molecule has 3 N–H and O–H groups in total. The fraction of sp³-hybridized carbons (Fsp3) is 0.200. The number of rotatable bonds is 6. The van der Waals surface area contributed by atoms with Gasteiger partial charge in [0.2, 0.25) is 0 Å². The van der Waals surface area contributed by atoms with Gasteiger partial charge in [-0.15, -0.1) is 0 Å². The summed E-state index contributed by atoms with van der Waals surface area (Å²) < 4.78 is 0. The molecule has 0 heterocycles. The van der Waals surface area contributed by atoms with Crippen LogP contribution in [0.3, 0.4) is 0 Å². The van der Waals surface area contributed by atoms with Crippen molar-refractivity contribution in [3.63, 3.8) is 0 Å². The molecule has 0 bridgehead atoms. The van der Waals surface area contributed by atoms with E-state index in [4.69, 9.17) is 0 Å². The lowest BCUT2D eigenvalue weighted by atomic mass is 9.82. The Morgan fingerprint density at radius 2 is 0.727 bits per heavy atom. The summed E-state index contributed by atoms with van der Waals surface area (Å²) in [6.07, 6.45) is 2.19. The molecule has 0 radical (unpaired) electrons. The molecule has 0 aliphatic carbocycles. The smallest absolute Gasteiger partial charge is 0.115 e. The van der Waals surface area contributed by atoms with Crippen molar-refractivity contribution in [1.82, 2.24) is 0 Å². The lowest BCUT2D eigenvalue weighted by Gasteiger charge is -2.23. The van der Waals surface area contributed by atoms with Crippen LogP contribution in [0, 0.1) is 20.8 Å². The molecule has 4 aromatic rings. The average molecular weight is 439 g/mol. The first kappa shape index (κ1) is 22.5. The minimum Gasteiger partial charge on any atom is -0.508 e. The van der Waals surface area contributed by atoms with E-state index in [1.165, 1.54) is 33.4 Å². The van der Waals surface area contributed by atoms with Crippen LogP contribution in [0.15, 0.2) is 72.8 Å². The molecule has 0 unspecified atom stereocenters. The van der Waals surface area contributed by atoms with E-state index in [0.29, 0.717) is 0 Å². The molecule has 0 atom stereocenters. The maximum atomic E-state index is 9.98. The van der Waals surface area contributed by atoms with Crippen molar-refractivity contribution in [1.29, 1.82) is 0 Å². The minimum atomic E-state index is 0.273. The van der Waals surface area contributed by atoms with Crippen LogP contribution in [0.2, 0.25) is 0 Å². The van der Waals surface area contributed by atoms with Crippen LogP contribution in [-0.2, 0) is 19.3 Å². The van der Waals surface area contributed by atoms with Crippen LogP contribution in [0.5, 0.6) is 17.2 Å². The third-order valence-corrected chi connectivity index (χ3v) is 6.59. The van der Waals surface area contributed by atoms with Crippen molar-refractivity contribution in [2.75, 3.05) is 0 Å². The number of hydrogen-bond donors (Lipinski definition) is 3. The van der Waals surface area contributed by atoms with Gasteiger partial charge in [0.15, 0.2) is 0 Å². The highest BCUT2D eigenvalue weighted by Crippen LogP contribution is 2.33. The van der Waals surface area contributed by atoms with Crippen molar-refractivity contribution >= 4 is 0 Å². The van der Waals surface area contributed by atoms with Crippen molar-refractivity contribution in [3.05, 3.63) is 123 Å². The molecular formula is C30H30O3. The second kappa shape index (κ2) is 9.41. The number of phenols is 3. The summed E-state index contributed by atoms with van der Waals surface area (Å²) in [6, 6.07) is 22.3. The first-order chi connectivity index (χ1) is 15.8. The summed E-state index contributed by atoms with van der Waals surface area (Å²) in [6.45, 7) is 6.52. The maximum absolute atomic E-state index is 9.98. The fourth-order valence-electron chi connectivity index (χ4n) is 4.80. The molecule has 0 saturated heterocycles. The quantitative estimate of drug-likeness (QED) is 0.322. The lowest BCUT2D eigenvalue weighted by molar-refractivity contribution is 0.474. The molecule has 3 heteroatoms. The summed E-state index contributed by atoms with van der Waals surface area (Å²) in [5.74, 6) is 0.819. The number of aromatic hydroxyl groups is 3. The monoisotopic (exact) mass is 438 g/mol. The van der Waals surface area contributed by atoms with Gasteiger partial charge >= 0.3 is 0 Å². The van der Waals surface area contributed by atoms with Crippen LogP contribution in [0.1, 0.15) is 50.1 Å². The highest BCUT2D eigenvalue weighted by atomic mass is 16.3. The zero-order valence-electron chi connectivity index (χ0n) is 19.4. The second-order valence-corrected chi connectivity index (χ2v) is 8.85. The molecule has 0 spiro atoms. The highest BCUT2D eigenvalue weighted by molar-refractivity contribution is 5.55. The van der Waals surface area contributed by atoms with Gasteiger partial charge in [-0.25, -0.2) is 0 Å².